The highest BCUT2D eigenvalue weighted by atomic mass is 16.1. The molecule has 0 N–H and O–H groups in total. The van der Waals surface area contributed by atoms with Crippen molar-refractivity contribution in [1.29, 1.82) is 0 Å². The molecule has 0 bridgehead atoms. The molecule has 0 heterocycles. The number of carbonyl (C=O) groups is 1. The van der Waals surface area contributed by atoms with E-state index in [0.717, 1.165) is 74.1 Å². The first-order valence-electron chi connectivity index (χ1n) is 16.0. The Morgan fingerprint density at radius 3 is 1.05 bits per heavy atom. The summed E-state index contributed by atoms with van der Waals surface area (Å²) in [6.45, 7) is 15.2. The second kappa shape index (κ2) is 14.9. The van der Waals surface area contributed by atoms with Crippen molar-refractivity contribution in [3.63, 3.8) is 0 Å². The fraction of sp³-hybridized carbons (Fsp3) is 0.359. The van der Waals surface area contributed by atoms with Crippen LogP contribution in [0.1, 0.15) is 92.6 Å². The molecule has 42 heavy (non-hydrogen) atoms. The Balaban J connectivity index is 1.61. The highest BCUT2D eigenvalue weighted by molar-refractivity contribution is 6.09. The summed E-state index contributed by atoms with van der Waals surface area (Å²) in [6, 6.07) is 29.7. The van der Waals surface area contributed by atoms with E-state index in [1.807, 2.05) is 24.3 Å². The first-order valence-corrected chi connectivity index (χ1v) is 16.0. The third-order valence-electron chi connectivity index (χ3n) is 8.25. The zero-order chi connectivity index (χ0) is 30.1. The predicted molar refractivity (Wildman–Crippen MR) is 181 cm³/mol. The molecule has 3 heteroatoms. The molecular formula is C39H48N2O. The molecule has 220 valence electrons. The summed E-state index contributed by atoms with van der Waals surface area (Å²) in [6.07, 6.45) is 6.08. The van der Waals surface area contributed by atoms with Crippen LogP contribution in [0.25, 0.3) is 0 Å². The fourth-order valence-electron chi connectivity index (χ4n) is 6.06. The minimum atomic E-state index is 0.0589. The van der Waals surface area contributed by atoms with Crippen molar-refractivity contribution in [3.8, 4) is 0 Å². The maximum atomic E-state index is 13.6. The van der Waals surface area contributed by atoms with Crippen molar-refractivity contribution in [1.82, 2.24) is 0 Å². The number of nitrogens with zero attached hydrogens (tertiary/aromatic N) is 2. The lowest BCUT2D eigenvalue weighted by molar-refractivity contribution is 0.103. The summed E-state index contributed by atoms with van der Waals surface area (Å²) >= 11 is 0. The van der Waals surface area contributed by atoms with Crippen LogP contribution >= 0.6 is 0 Å². The van der Waals surface area contributed by atoms with E-state index < -0.39 is 0 Å². The van der Waals surface area contributed by atoms with Gasteiger partial charge in [0.1, 0.15) is 0 Å². The van der Waals surface area contributed by atoms with E-state index >= 15 is 0 Å². The maximum Gasteiger partial charge on any atom is 0.193 e. The molecule has 0 unspecified atom stereocenters. The summed E-state index contributed by atoms with van der Waals surface area (Å²) in [7, 11) is 0. The van der Waals surface area contributed by atoms with Crippen LogP contribution in [0.5, 0.6) is 0 Å². The quantitative estimate of drug-likeness (QED) is 0.143. The molecule has 0 saturated heterocycles. The van der Waals surface area contributed by atoms with Gasteiger partial charge in [-0.2, -0.15) is 0 Å². The Labute approximate surface area is 254 Å². The minimum Gasteiger partial charge on any atom is -0.341 e. The molecule has 0 radical (unpaired) electrons. The lowest BCUT2D eigenvalue weighted by atomic mass is 9.99. The topological polar surface area (TPSA) is 23.6 Å². The van der Waals surface area contributed by atoms with Crippen LogP contribution in [0.4, 0.5) is 22.7 Å². The number of rotatable bonds is 14. The van der Waals surface area contributed by atoms with Gasteiger partial charge in [0.25, 0.3) is 0 Å². The van der Waals surface area contributed by atoms with Gasteiger partial charge in [-0.25, -0.2) is 0 Å². The van der Waals surface area contributed by atoms with E-state index in [1.165, 1.54) is 33.6 Å². The van der Waals surface area contributed by atoms with Crippen molar-refractivity contribution in [3.05, 3.63) is 118 Å². The first kappa shape index (κ1) is 31.1. The van der Waals surface area contributed by atoms with Crippen LogP contribution < -0.4 is 9.80 Å². The average molecular weight is 561 g/mol. The second-order valence-electron chi connectivity index (χ2n) is 11.0. The Hall–Kier alpha value is -3.85. The molecule has 0 fully saturated rings. The number of benzene rings is 4. The smallest absolute Gasteiger partial charge is 0.193 e. The second-order valence-corrected chi connectivity index (χ2v) is 11.0. The third-order valence-corrected chi connectivity index (χ3v) is 8.25. The molecule has 4 aromatic carbocycles. The number of hydrogen-bond acceptors (Lipinski definition) is 3. The Kier molecular flexibility index (Phi) is 11.0. The number of para-hydroxylation sites is 2. The summed E-state index contributed by atoms with van der Waals surface area (Å²) in [5, 5.41) is 0. The van der Waals surface area contributed by atoms with Gasteiger partial charge in [-0.15, -0.1) is 0 Å². The van der Waals surface area contributed by atoms with Gasteiger partial charge in [-0.1, -0.05) is 77.9 Å². The van der Waals surface area contributed by atoms with Crippen LogP contribution in [0, 0.1) is 0 Å². The van der Waals surface area contributed by atoms with E-state index in [0.29, 0.717) is 0 Å². The van der Waals surface area contributed by atoms with Crippen molar-refractivity contribution in [2.45, 2.75) is 80.1 Å². The standard InChI is InChI=1S/C39H48N2O/c1-7-27-40(37-29(9-3)15-13-16-30(37)10-4)35-23-19-33(20-24-35)39(42)34-21-25-36(26-22-34)41(28-8-2)38-31(11-5)17-14-18-32(38)12-6/h13-26H,7-12,27-28H2,1-6H3. The molecule has 0 aliphatic heterocycles. The van der Waals surface area contributed by atoms with Gasteiger partial charge in [0.2, 0.25) is 0 Å². The lowest BCUT2D eigenvalue weighted by Crippen LogP contribution is -2.21. The summed E-state index contributed by atoms with van der Waals surface area (Å²) in [5.41, 5.74) is 11.8. The van der Waals surface area contributed by atoms with Gasteiger partial charge in [-0.3, -0.25) is 4.79 Å². The Morgan fingerprint density at radius 2 is 0.786 bits per heavy atom. The molecular weight excluding hydrogens is 512 g/mol. The van der Waals surface area contributed by atoms with Crippen LogP contribution in [0.3, 0.4) is 0 Å². The van der Waals surface area contributed by atoms with Crippen molar-refractivity contribution in [2.24, 2.45) is 0 Å². The molecule has 0 spiro atoms. The molecule has 0 saturated carbocycles. The van der Waals surface area contributed by atoms with Crippen molar-refractivity contribution in [2.75, 3.05) is 22.9 Å². The molecule has 0 aromatic heterocycles. The van der Waals surface area contributed by atoms with Crippen LogP contribution in [0.2, 0.25) is 0 Å². The highest BCUT2D eigenvalue weighted by Crippen LogP contribution is 2.35. The molecule has 4 rings (SSSR count). The van der Waals surface area contributed by atoms with Crippen LogP contribution in [-0.4, -0.2) is 18.9 Å². The van der Waals surface area contributed by atoms with Gasteiger partial charge in [0, 0.05) is 47.0 Å². The SMILES string of the molecule is CCCN(c1ccc(C(=O)c2ccc(N(CCC)c3c(CC)cccc3CC)cc2)cc1)c1c(CC)cccc1CC. The molecule has 0 atom stereocenters. The fourth-order valence-corrected chi connectivity index (χ4v) is 6.06. The molecule has 0 amide bonds. The van der Waals surface area contributed by atoms with Crippen molar-refractivity contribution >= 4 is 28.5 Å². The van der Waals surface area contributed by atoms with Gasteiger partial charge in [-0.05, 0) is 109 Å². The third kappa shape index (κ3) is 6.62. The largest absolute Gasteiger partial charge is 0.341 e. The summed E-state index contributed by atoms with van der Waals surface area (Å²) < 4.78 is 0. The first-order chi connectivity index (χ1) is 20.5. The normalized spacial score (nSPS) is 11.0. The highest BCUT2D eigenvalue weighted by Gasteiger charge is 2.19. The van der Waals surface area contributed by atoms with Gasteiger partial charge in [0.15, 0.2) is 5.78 Å². The molecule has 4 aromatic rings. The van der Waals surface area contributed by atoms with E-state index in [9.17, 15) is 4.79 Å². The van der Waals surface area contributed by atoms with E-state index in [1.54, 1.807) is 0 Å². The number of carbonyl (C=O) groups excluding carboxylic acids is 1. The van der Waals surface area contributed by atoms with Gasteiger partial charge >= 0.3 is 0 Å². The van der Waals surface area contributed by atoms with E-state index in [-0.39, 0.29) is 5.78 Å². The number of ketones is 1. The number of anilines is 4. The predicted octanol–water partition coefficient (Wildman–Crippen LogP) is 10.3. The molecule has 3 nitrogen and oxygen atoms in total. The molecule has 0 aliphatic carbocycles. The van der Waals surface area contributed by atoms with E-state index in [4.69, 9.17) is 0 Å². The number of aryl methyl sites for hydroxylation is 4. The van der Waals surface area contributed by atoms with Crippen LogP contribution in [-0.2, 0) is 25.7 Å². The molecule has 0 aliphatic rings. The number of hydrogen-bond donors (Lipinski definition) is 0. The summed E-state index contributed by atoms with van der Waals surface area (Å²) in [5.74, 6) is 0.0589. The summed E-state index contributed by atoms with van der Waals surface area (Å²) in [4.78, 5) is 18.4. The van der Waals surface area contributed by atoms with Gasteiger partial charge in [0.05, 0.1) is 0 Å². The average Bonchev–Trinajstić information content (AvgIpc) is 3.05. The Morgan fingerprint density at radius 1 is 0.476 bits per heavy atom. The monoisotopic (exact) mass is 560 g/mol. The van der Waals surface area contributed by atoms with Crippen LogP contribution in [0.15, 0.2) is 84.9 Å². The maximum absolute atomic E-state index is 13.6. The Bertz CT molecular complexity index is 1300. The van der Waals surface area contributed by atoms with Gasteiger partial charge < -0.3 is 9.80 Å². The van der Waals surface area contributed by atoms with E-state index in [2.05, 4.69) is 112 Å². The van der Waals surface area contributed by atoms with Crippen molar-refractivity contribution < 1.29 is 4.79 Å². The zero-order valence-electron chi connectivity index (χ0n) is 26.5. The zero-order valence-corrected chi connectivity index (χ0v) is 26.5. The lowest BCUT2D eigenvalue weighted by Gasteiger charge is -2.29. The minimum absolute atomic E-state index is 0.0589.